The zero-order valence-corrected chi connectivity index (χ0v) is 19.6. The highest BCUT2D eigenvalue weighted by molar-refractivity contribution is 7.89. The molecular weight excluding hydrogens is 440 g/mol. The molecule has 3 N–H and O–H groups in total. The van der Waals surface area contributed by atoms with Crippen molar-refractivity contribution < 1.29 is 18.0 Å². The smallest absolute Gasteiger partial charge is 0.271 e. The van der Waals surface area contributed by atoms with Gasteiger partial charge in [0.2, 0.25) is 10.0 Å². The standard InChI is InChI=1S/C24H28N4O4S/c1-3-28(4-2)33(31,32)17-10-7-9-16(15-17)23(29)26-27-24(30)20-13-8-12-19-18-11-5-6-14-21(18)25-22(19)20/h7-10,12-13,15,25H,3-6,11,14H2,1-2H3,(H,26,29)(H,27,30). The Hall–Kier alpha value is -3.17. The Kier molecular flexibility index (Phi) is 6.53. The van der Waals surface area contributed by atoms with E-state index in [0.29, 0.717) is 18.7 Å². The molecular formula is C24H28N4O4S. The van der Waals surface area contributed by atoms with Gasteiger partial charge in [-0.15, -0.1) is 0 Å². The summed E-state index contributed by atoms with van der Waals surface area (Å²) in [6, 6.07) is 11.3. The molecule has 4 rings (SSSR count). The van der Waals surface area contributed by atoms with Crippen LogP contribution in [-0.4, -0.2) is 42.6 Å². The number of nitrogens with zero attached hydrogens (tertiary/aromatic N) is 1. The molecule has 0 radical (unpaired) electrons. The predicted octanol–water partition coefficient (Wildman–Crippen LogP) is 3.15. The van der Waals surface area contributed by atoms with Crippen LogP contribution in [0.3, 0.4) is 0 Å². The molecule has 1 aliphatic rings. The quantitative estimate of drug-likeness (QED) is 0.483. The van der Waals surface area contributed by atoms with Crippen LogP contribution >= 0.6 is 0 Å². The Labute approximate surface area is 193 Å². The van der Waals surface area contributed by atoms with Crippen molar-refractivity contribution in [3.63, 3.8) is 0 Å². The van der Waals surface area contributed by atoms with Gasteiger partial charge in [-0.1, -0.05) is 32.0 Å². The average Bonchev–Trinajstić information content (AvgIpc) is 3.22. The summed E-state index contributed by atoms with van der Waals surface area (Å²) in [4.78, 5) is 28.9. The summed E-state index contributed by atoms with van der Waals surface area (Å²) in [7, 11) is -3.70. The average molecular weight is 469 g/mol. The third kappa shape index (κ3) is 4.38. The fourth-order valence-electron chi connectivity index (χ4n) is 4.38. The maximum absolute atomic E-state index is 12.9. The molecule has 1 aromatic heterocycles. The van der Waals surface area contributed by atoms with Gasteiger partial charge >= 0.3 is 0 Å². The van der Waals surface area contributed by atoms with Crippen molar-refractivity contribution in [1.29, 1.82) is 0 Å². The highest BCUT2D eigenvalue weighted by Gasteiger charge is 2.23. The number of fused-ring (bicyclic) bond motifs is 3. The zero-order valence-electron chi connectivity index (χ0n) is 18.8. The van der Waals surface area contributed by atoms with Crippen LogP contribution in [0.25, 0.3) is 10.9 Å². The Bertz CT molecular complexity index is 1310. The van der Waals surface area contributed by atoms with Crippen molar-refractivity contribution in [3.05, 3.63) is 64.8 Å². The van der Waals surface area contributed by atoms with E-state index in [0.717, 1.165) is 36.6 Å². The molecule has 2 aromatic carbocycles. The maximum atomic E-state index is 12.9. The first kappa shape index (κ1) is 23.0. The number of rotatable bonds is 6. The summed E-state index contributed by atoms with van der Waals surface area (Å²) in [5.41, 5.74) is 8.64. The summed E-state index contributed by atoms with van der Waals surface area (Å²) in [6.07, 6.45) is 4.22. The zero-order chi connectivity index (χ0) is 23.6. The van der Waals surface area contributed by atoms with Gasteiger partial charge in [0.1, 0.15) is 0 Å². The molecule has 174 valence electrons. The molecule has 2 amide bonds. The number of H-pyrrole nitrogens is 1. The second-order valence-corrected chi connectivity index (χ2v) is 9.98. The number of benzene rings is 2. The van der Waals surface area contributed by atoms with Gasteiger partial charge in [-0.2, -0.15) is 4.31 Å². The second-order valence-electron chi connectivity index (χ2n) is 8.04. The monoisotopic (exact) mass is 468 g/mol. The fraction of sp³-hybridized carbons (Fsp3) is 0.333. The van der Waals surface area contributed by atoms with E-state index < -0.39 is 21.8 Å². The van der Waals surface area contributed by atoms with Crippen LogP contribution in [0.4, 0.5) is 0 Å². The third-order valence-corrected chi connectivity index (χ3v) is 8.15. The molecule has 8 nitrogen and oxygen atoms in total. The lowest BCUT2D eigenvalue weighted by molar-refractivity contribution is 0.0847. The van der Waals surface area contributed by atoms with E-state index >= 15 is 0 Å². The van der Waals surface area contributed by atoms with Crippen molar-refractivity contribution in [3.8, 4) is 0 Å². The van der Waals surface area contributed by atoms with Crippen LogP contribution in [0.2, 0.25) is 0 Å². The number of hydrazine groups is 1. The van der Waals surface area contributed by atoms with E-state index in [4.69, 9.17) is 0 Å². The molecule has 0 aliphatic heterocycles. The van der Waals surface area contributed by atoms with Crippen molar-refractivity contribution in [2.24, 2.45) is 0 Å². The highest BCUT2D eigenvalue weighted by Crippen LogP contribution is 2.30. The summed E-state index contributed by atoms with van der Waals surface area (Å²) in [5.74, 6) is -1.04. The number of nitrogens with one attached hydrogen (secondary N) is 3. The molecule has 0 atom stereocenters. The Balaban J connectivity index is 1.51. The number of carbonyl (C=O) groups excluding carboxylic acids is 2. The van der Waals surface area contributed by atoms with E-state index in [2.05, 4.69) is 15.8 Å². The number of sulfonamides is 1. The second kappa shape index (κ2) is 9.36. The van der Waals surface area contributed by atoms with E-state index in [1.165, 1.54) is 39.8 Å². The number of aromatic amines is 1. The lowest BCUT2D eigenvalue weighted by Gasteiger charge is -2.18. The topological polar surface area (TPSA) is 111 Å². The fourth-order valence-corrected chi connectivity index (χ4v) is 5.89. The van der Waals surface area contributed by atoms with E-state index in [1.54, 1.807) is 19.9 Å². The Morgan fingerprint density at radius 1 is 0.970 bits per heavy atom. The summed E-state index contributed by atoms with van der Waals surface area (Å²) < 4.78 is 26.8. The number of amides is 2. The summed E-state index contributed by atoms with van der Waals surface area (Å²) in [6.45, 7) is 4.18. The molecule has 0 saturated heterocycles. The summed E-state index contributed by atoms with van der Waals surface area (Å²) in [5, 5.41) is 1.04. The first-order valence-electron chi connectivity index (χ1n) is 11.2. The van der Waals surface area contributed by atoms with Crippen LogP contribution in [0.5, 0.6) is 0 Å². The minimum absolute atomic E-state index is 0.0342. The third-order valence-electron chi connectivity index (χ3n) is 6.11. The van der Waals surface area contributed by atoms with Crippen molar-refractivity contribution in [2.45, 2.75) is 44.4 Å². The lowest BCUT2D eigenvalue weighted by Crippen LogP contribution is -2.41. The molecule has 0 spiro atoms. The Morgan fingerprint density at radius 3 is 2.42 bits per heavy atom. The minimum atomic E-state index is -3.70. The molecule has 3 aromatic rings. The first-order valence-corrected chi connectivity index (χ1v) is 12.6. The highest BCUT2D eigenvalue weighted by atomic mass is 32.2. The summed E-state index contributed by atoms with van der Waals surface area (Å²) >= 11 is 0. The van der Waals surface area contributed by atoms with Crippen LogP contribution in [0.1, 0.15) is 58.7 Å². The minimum Gasteiger partial charge on any atom is -0.358 e. The van der Waals surface area contributed by atoms with Crippen LogP contribution in [0, 0.1) is 0 Å². The number of para-hydroxylation sites is 1. The van der Waals surface area contributed by atoms with Crippen molar-refractivity contribution >= 4 is 32.7 Å². The first-order chi connectivity index (χ1) is 15.9. The normalized spacial score (nSPS) is 13.7. The number of aromatic nitrogens is 1. The van der Waals surface area contributed by atoms with Gasteiger partial charge in [-0.25, -0.2) is 8.42 Å². The van der Waals surface area contributed by atoms with Gasteiger partial charge in [-0.05, 0) is 55.5 Å². The van der Waals surface area contributed by atoms with Gasteiger partial charge in [0.25, 0.3) is 11.8 Å². The lowest BCUT2D eigenvalue weighted by atomic mass is 9.95. The van der Waals surface area contributed by atoms with Crippen molar-refractivity contribution in [2.75, 3.05) is 13.1 Å². The number of hydrogen-bond donors (Lipinski definition) is 3. The van der Waals surface area contributed by atoms with Crippen LogP contribution < -0.4 is 10.9 Å². The van der Waals surface area contributed by atoms with Gasteiger partial charge in [0.05, 0.1) is 16.0 Å². The largest absolute Gasteiger partial charge is 0.358 e. The molecule has 9 heteroatoms. The number of carbonyl (C=O) groups is 2. The number of aryl methyl sites for hydroxylation is 2. The Morgan fingerprint density at radius 2 is 1.67 bits per heavy atom. The molecule has 0 unspecified atom stereocenters. The SMILES string of the molecule is CCN(CC)S(=O)(=O)c1cccc(C(=O)NNC(=O)c2cccc3c4c([nH]c23)CCCC4)c1. The van der Waals surface area contributed by atoms with E-state index in [9.17, 15) is 18.0 Å². The molecule has 1 aliphatic carbocycles. The maximum Gasteiger partial charge on any atom is 0.271 e. The number of hydrogen-bond acceptors (Lipinski definition) is 4. The van der Waals surface area contributed by atoms with Gasteiger partial charge in [0.15, 0.2) is 0 Å². The van der Waals surface area contributed by atoms with Gasteiger partial charge in [0, 0.05) is 29.7 Å². The molecule has 0 bridgehead atoms. The molecule has 0 saturated carbocycles. The molecule has 1 heterocycles. The molecule has 33 heavy (non-hydrogen) atoms. The van der Waals surface area contributed by atoms with Gasteiger partial charge < -0.3 is 4.98 Å². The molecule has 0 fully saturated rings. The van der Waals surface area contributed by atoms with Gasteiger partial charge in [-0.3, -0.25) is 20.4 Å². The van der Waals surface area contributed by atoms with Crippen LogP contribution in [0.15, 0.2) is 47.4 Å². The van der Waals surface area contributed by atoms with Crippen molar-refractivity contribution in [1.82, 2.24) is 20.1 Å². The predicted molar refractivity (Wildman–Crippen MR) is 126 cm³/mol. The van der Waals surface area contributed by atoms with E-state index in [-0.39, 0.29) is 10.5 Å². The van der Waals surface area contributed by atoms with Crippen LogP contribution in [-0.2, 0) is 22.9 Å². The van der Waals surface area contributed by atoms with E-state index in [1.807, 2.05) is 12.1 Å².